The van der Waals surface area contributed by atoms with Crippen molar-refractivity contribution in [3.8, 4) is 5.69 Å². The molecule has 0 unspecified atom stereocenters. The zero-order valence-corrected chi connectivity index (χ0v) is 16.9. The van der Waals surface area contributed by atoms with Crippen molar-refractivity contribution in [3.63, 3.8) is 0 Å². The van der Waals surface area contributed by atoms with Crippen LogP contribution in [0.2, 0.25) is 5.02 Å². The molecule has 0 spiro atoms. The lowest BCUT2D eigenvalue weighted by atomic mass is 10.2. The van der Waals surface area contributed by atoms with Gasteiger partial charge in [-0.2, -0.15) is 9.78 Å². The highest BCUT2D eigenvalue weighted by Gasteiger charge is 2.20. The van der Waals surface area contributed by atoms with E-state index in [1.165, 1.54) is 0 Å². The van der Waals surface area contributed by atoms with Crippen molar-refractivity contribution < 1.29 is 4.79 Å². The number of aromatic nitrogens is 3. The molecule has 1 N–H and O–H groups in total. The van der Waals surface area contributed by atoms with Crippen molar-refractivity contribution in [2.24, 2.45) is 0 Å². The van der Waals surface area contributed by atoms with Crippen molar-refractivity contribution in [2.75, 3.05) is 6.54 Å². The number of carbonyl (C=O) groups is 1. The van der Waals surface area contributed by atoms with Crippen LogP contribution in [0.25, 0.3) is 5.69 Å². The number of halogens is 1. The Morgan fingerprint density at radius 3 is 2.52 bits per heavy atom. The summed E-state index contributed by atoms with van der Waals surface area (Å²) in [5, 5.41) is 7.16. The molecule has 3 rings (SSSR count). The lowest BCUT2D eigenvalue weighted by Gasteiger charge is -2.13. The SMILES string of the molecule is CCCNC(=O)c1nn(-c2ccc(C)c(Cl)c2)c(=O)n(Cc2ccccc2)c1=O. The molecule has 2 aromatic carbocycles. The van der Waals surface area contributed by atoms with E-state index < -0.39 is 17.2 Å². The predicted molar refractivity (Wildman–Crippen MR) is 112 cm³/mol. The normalized spacial score (nSPS) is 10.7. The number of rotatable bonds is 6. The molecule has 1 amide bonds. The third kappa shape index (κ3) is 4.46. The maximum Gasteiger partial charge on any atom is 0.352 e. The van der Waals surface area contributed by atoms with Gasteiger partial charge in [0.05, 0.1) is 12.2 Å². The molecular weight excluding hydrogens is 392 g/mol. The molecule has 0 radical (unpaired) electrons. The van der Waals surface area contributed by atoms with E-state index in [9.17, 15) is 14.4 Å². The fraction of sp³-hybridized carbons (Fsp3) is 0.238. The second kappa shape index (κ2) is 8.87. The van der Waals surface area contributed by atoms with E-state index in [1.807, 2.05) is 32.0 Å². The van der Waals surface area contributed by atoms with Crippen LogP contribution >= 0.6 is 11.6 Å². The van der Waals surface area contributed by atoms with Crippen LogP contribution in [0.15, 0.2) is 58.1 Å². The lowest BCUT2D eigenvalue weighted by Crippen LogP contribution is -2.46. The Bertz CT molecular complexity index is 1150. The Morgan fingerprint density at radius 1 is 1.14 bits per heavy atom. The summed E-state index contributed by atoms with van der Waals surface area (Å²) in [6.07, 6.45) is 0.706. The molecule has 29 heavy (non-hydrogen) atoms. The Morgan fingerprint density at radius 2 is 1.86 bits per heavy atom. The van der Waals surface area contributed by atoms with E-state index in [0.29, 0.717) is 23.7 Å². The zero-order valence-electron chi connectivity index (χ0n) is 16.2. The number of amides is 1. The number of nitrogens with one attached hydrogen (secondary N) is 1. The number of hydrogen-bond donors (Lipinski definition) is 1. The van der Waals surface area contributed by atoms with E-state index in [4.69, 9.17) is 11.6 Å². The van der Waals surface area contributed by atoms with E-state index >= 15 is 0 Å². The van der Waals surface area contributed by atoms with Crippen LogP contribution in [0, 0.1) is 6.92 Å². The predicted octanol–water partition coefficient (Wildman–Crippen LogP) is 2.54. The molecular formula is C21H21ClN4O3. The van der Waals surface area contributed by atoms with Gasteiger partial charge in [0.2, 0.25) is 5.69 Å². The Balaban J connectivity index is 2.20. The highest BCUT2D eigenvalue weighted by atomic mass is 35.5. The average Bonchev–Trinajstić information content (AvgIpc) is 2.72. The maximum atomic E-state index is 13.1. The van der Waals surface area contributed by atoms with Crippen molar-refractivity contribution in [3.05, 3.63) is 91.2 Å². The summed E-state index contributed by atoms with van der Waals surface area (Å²) < 4.78 is 2.05. The van der Waals surface area contributed by atoms with Gasteiger partial charge in [0, 0.05) is 11.6 Å². The quantitative estimate of drug-likeness (QED) is 0.674. The maximum absolute atomic E-state index is 13.1. The van der Waals surface area contributed by atoms with Gasteiger partial charge >= 0.3 is 5.69 Å². The minimum atomic E-state index is -0.734. The highest BCUT2D eigenvalue weighted by molar-refractivity contribution is 6.31. The minimum absolute atomic E-state index is 0.0225. The molecule has 3 aromatic rings. The molecule has 1 heterocycles. The van der Waals surface area contributed by atoms with Gasteiger partial charge in [0.25, 0.3) is 11.5 Å². The van der Waals surface area contributed by atoms with Gasteiger partial charge in [-0.1, -0.05) is 54.9 Å². The van der Waals surface area contributed by atoms with Gasteiger partial charge < -0.3 is 5.32 Å². The van der Waals surface area contributed by atoms with Crippen molar-refractivity contribution >= 4 is 17.5 Å². The monoisotopic (exact) mass is 412 g/mol. The van der Waals surface area contributed by atoms with Gasteiger partial charge in [-0.3, -0.25) is 14.2 Å². The highest BCUT2D eigenvalue weighted by Crippen LogP contribution is 2.18. The summed E-state index contributed by atoms with van der Waals surface area (Å²) in [5.41, 5.74) is 0.239. The third-order valence-electron chi connectivity index (χ3n) is 4.39. The summed E-state index contributed by atoms with van der Waals surface area (Å²) in [7, 11) is 0. The molecule has 8 heteroatoms. The summed E-state index contributed by atoms with van der Waals surface area (Å²) in [5.74, 6) is -0.620. The molecule has 0 aliphatic rings. The topological polar surface area (TPSA) is 86.0 Å². The second-order valence-electron chi connectivity index (χ2n) is 6.61. The standard InChI is InChI=1S/C21H21ClN4O3/c1-3-11-23-19(27)18-20(28)25(13-15-7-5-4-6-8-15)21(29)26(24-18)16-10-9-14(2)17(22)12-16/h4-10,12H,3,11,13H2,1-2H3,(H,23,27). The molecule has 0 saturated carbocycles. The first-order valence-corrected chi connectivity index (χ1v) is 9.63. The van der Waals surface area contributed by atoms with Gasteiger partial charge in [-0.25, -0.2) is 4.79 Å². The fourth-order valence-electron chi connectivity index (χ4n) is 2.77. The van der Waals surface area contributed by atoms with E-state index in [0.717, 1.165) is 20.4 Å². The smallest absolute Gasteiger partial charge is 0.350 e. The Labute approximate surface area is 172 Å². The van der Waals surface area contributed by atoms with Crippen LogP contribution in [0.5, 0.6) is 0 Å². The van der Waals surface area contributed by atoms with Crippen molar-refractivity contribution in [1.29, 1.82) is 0 Å². The molecule has 150 valence electrons. The fourth-order valence-corrected chi connectivity index (χ4v) is 2.94. The molecule has 7 nitrogen and oxygen atoms in total. The van der Waals surface area contributed by atoms with Crippen molar-refractivity contribution in [1.82, 2.24) is 19.7 Å². The Hall–Kier alpha value is -3.19. The first-order valence-electron chi connectivity index (χ1n) is 9.25. The minimum Gasteiger partial charge on any atom is -0.350 e. The van der Waals surface area contributed by atoms with E-state index in [1.54, 1.807) is 30.3 Å². The second-order valence-corrected chi connectivity index (χ2v) is 7.02. The summed E-state index contributed by atoms with van der Waals surface area (Å²) in [4.78, 5) is 38.5. The number of benzene rings is 2. The van der Waals surface area contributed by atoms with E-state index in [2.05, 4.69) is 10.4 Å². The zero-order chi connectivity index (χ0) is 21.0. The lowest BCUT2D eigenvalue weighted by molar-refractivity contribution is 0.0944. The van der Waals surface area contributed by atoms with Gasteiger partial charge in [-0.15, -0.1) is 0 Å². The molecule has 0 aliphatic carbocycles. The molecule has 1 aromatic heterocycles. The van der Waals surface area contributed by atoms with Crippen LogP contribution in [-0.4, -0.2) is 26.8 Å². The van der Waals surface area contributed by atoms with E-state index in [-0.39, 0.29) is 12.2 Å². The average molecular weight is 413 g/mol. The van der Waals surface area contributed by atoms with Gasteiger partial charge in [0.1, 0.15) is 0 Å². The van der Waals surface area contributed by atoms with Crippen molar-refractivity contribution in [2.45, 2.75) is 26.8 Å². The largest absolute Gasteiger partial charge is 0.352 e. The van der Waals surface area contributed by atoms with Crippen LogP contribution in [-0.2, 0) is 6.54 Å². The van der Waals surface area contributed by atoms with Gasteiger partial charge in [0.15, 0.2) is 0 Å². The number of carbonyl (C=O) groups excluding carboxylic acids is 1. The molecule has 0 atom stereocenters. The van der Waals surface area contributed by atoms with Crippen LogP contribution in [0.3, 0.4) is 0 Å². The van der Waals surface area contributed by atoms with Crippen LogP contribution in [0.1, 0.15) is 35.0 Å². The van der Waals surface area contributed by atoms with Crippen LogP contribution < -0.4 is 16.6 Å². The molecule has 0 fully saturated rings. The molecule has 0 aliphatic heterocycles. The number of nitrogens with zero attached hydrogens (tertiary/aromatic N) is 3. The number of hydrogen-bond acceptors (Lipinski definition) is 4. The molecule has 0 saturated heterocycles. The first-order chi connectivity index (χ1) is 13.9. The van der Waals surface area contributed by atoms with Gasteiger partial charge in [-0.05, 0) is 36.6 Å². The summed E-state index contributed by atoms with van der Waals surface area (Å²) in [6, 6.07) is 14.1. The van der Waals surface area contributed by atoms with Crippen LogP contribution in [0.4, 0.5) is 0 Å². The Kier molecular flexibility index (Phi) is 6.29. The third-order valence-corrected chi connectivity index (χ3v) is 4.80. The number of aryl methyl sites for hydroxylation is 1. The molecule has 0 bridgehead atoms. The first kappa shape index (κ1) is 20.5. The summed E-state index contributed by atoms with van der Waals surface area (Å²) in [6.45, 7) is 4.15. The summed E-state index contributed by atoms with van der Waals surface area (Å²) >= 11 is 6.20.